The maximum Gasteiger partial charge on any atom is 0.196 e. The van der Waals surface area contributed by atoms with E-state index in [0.29, 0.717) is 6.54 Å². The van der Waals surface area contributed by atoms with Gasteiger partial charge in [0, 0.05) is 24.7 Å². The molecule has 2 unspecified atom stereocenters. The fourth-order valence-electron chi connectivity index (χ4n) is 4.26. The first-order valence-corrected chi connectivity index (χ1v) is 11.6. The van der Waals surface area contributed by atoms with E-state index in [4.69, 9.17) is 0 Å². The zero-order valence-corrected chi connectivity index (χ0v) is 18.2. The third-order valence-corrected chi connectivity index (χ3v) is 7.05. The van der Waals surface area contributed by atoms with Crippen LogP contribution in [0.4, 0.5) is 14.5 Å². The minimum Gasteiger partial charge on any atom is -0.292 e. The molecule has 1 N–H and O–H groups in total. The second-order valence-corrected chi connectivity index (χ2v) is 9.31. The summed E-state index contributed by atoms with van der Waals surface area (Å²) in [6.45, 7) is 3.38. The van der Waals surface area contributed by atoms with E-state index in [0.717, 1.165) is 41.8 Å². The lowest BCUT2D eigenvalue weighted by Crippen LogP contribution is -2.41. The highest BCUT2D eigenvalue weighted by Crippen LogP contribution is 2.37. The fraction of sp³-hybridized carbons (Fsp3) is 0.280. The quantitative estimate of drug-likeness (QED) is 0.516. The molecule has 2 atom stereocenters. The zero-order valence-electron chi connectivity index (χ0n) is 17.4. The molecule has 31 heavy (non-hydrogen) atoms. The van der Waals surface area contributed by atoms with Crippen molar-refractivity contribution in [3.05, 3.63) is 101 Å². The molecule has 6 heteroatoms. The predicted octanol–water partition coefficient (Wildman–Crippen LogP) is 5.81. The summed E-state index contributed by atoms with van der Waals surface area (Å²) in [5.41, 5.74) is 3.93. The molecule has 0 spiro atoms. The van der Waals surface area contributed by atoms with E-state index in [1.807, 2.05) is 35.5 Å². The molecule has 1 aliphatic heterocycles. The van der Waals surface area contributed by atoms with Crippen molar-refractivity contribution in [2.75, 3.05) is 17.8 Å². The molecule has 1 heterocycles. The number of nitrogens with zero attached hydrogens (tertiary/aromatic N) is 1. The van der Waals surface area contributed by atoms with Crippen molar-refractivity contribution in [1.29, 1.82) is 0 Å². The summed E-state index contributed by atoms with van der Waals surface area (Å²) >= 11 is -1.36. The van der Waals surface area contributed by atoms with Crippen molar-refractivity contribution in [1.82, 2.24) is 4.31 Å². The van der Waals surface area contributed by atoms with E-state index in [-0.39, 0.29) is 23.5 Å². The van der Waals surface area contributed by atoms with Gasteiger partial charge in [0.2, 0.25) is 0 Å². The third kappa shape index (κ3) is 5.38. The van der Waals surface area contributed by atoms with Crippen LogP contribution in [-0.2, 0) is 11.2 Å². The van der Waals surface area contributed by atoms with Crippen LogP contribution in [0, 0.1) is 24.5 Å². The maximum absolute atomic E-state index is 13.5. The molecular weight excluding hydrogens is 414 g/mol. The highest BCUT2D eigenvalue weighted by Gasteiger charge is 2.31. The van der Waals surface area contributed by atoms with Crippen LogP contribution in [0.1, 0.15) is 35.4 Å². The van der Waals surface area contributed by atoms with E-state index in [1.54, 1.807) is 24.3 Å². The number of rotatable bonds is 6. The summed E-state index contributed by atoms with van der Waals surface area (Å²) in [6, 6.07) is 20.8. The molecular formula is C25H26F2N2OS. The Hall–Kier alpha value is -2.57. The summed E-state index contributed by atoms with van der Waals surface area (Å²) in [7, 11) is 0. The Kier molecular flexibility index (Phi) is 6.78. The Bertz CT molecular complexity index is 977. The Morgan fingerprint density at radius 3 is 2.00 bits per heavy atom. The largest absolute Gasteiger partial charge is 0.292 e. The first-order valence-electron chi connectivity index (χ1n) is 10.5. The molecule has 162 valence electrons. The molecule has 1 fully saturated rings. The van der Waals surface area contributed by atoms with Gasteiger partial charge >= 0.3 is 0 Å². The fourth-order valence-corrected chi connectivity index (χ4v) is 5.35. The number of hydrogen-bond donors (Lipinski definition) is 1. The third-order valence-electron chi connectivity index (χ3n) is 5.84. The predicted molar refractivity (Wildman–Crippen MR) is 122 cm³/mol. The van der Waals surface area contributed by atoms with Crippen LogP contribution in [-0.4, -0.2) is 21.6 Å². The van der Waals surface area contributed by atoms with E-state index in [2.05, 4.69) is 4.72 Å². The van der Waals surface area contributed by atoms with Crippen molar-refractivity contribution < 1.29 is 13.0 Å². The topological polar surface area (TPSA) is 32.3 Å². The van der Waals surface area contributed by atoms with E-state index in [9.17, 15) is 13.0 Å². The highest BCUT2D eigenvalue weighted by atomic mass is 32.2. The summed E-state index contributed by atoms with van der Waals surface area (Å²) in [6.07, 6.45) is 1.86. The monoisotopic (exact) mass is 440 g/mol. The smallest absolute Gasteiger partial charge is 0.196 e. The average molecular weight is 441 g/mol. The minimum absolute atomic E-state index is 0.0274. The molecule has 0 aromatic heterocycles. The van der Waals surface area contributed by atoms with Crippen molar-refractivity contribution in [2.24, 2.45) is 5.92 Å². The molecule has 1 saturated heterocycles. The van der Waals surface area contributed by atoms with Crippen molar-refractivity contribution in [2.45, 2.75) is 25.7 Å². The van der Waals surface area contributed by atoms with Gasteiger partial charge in [-0.1, -0.05) is 42.0 Å². The van der Waals surface area contributed by atoms with Gasteiger partial charge in [-0.2, -0.15) is 0 Å². The molecule has 3 aromatic carbocycles. The average Bonchev–Trinajstić information content (AvgIpc) is 2.78. The Balaban J connectivity index is 1.56. The maximum atomic E-state index is 13.5. The van der Waals surface area contributed by atoms with Gasteiger partial charge in [0.25, 0.3) is 0 Å². The second-order valence-electron chi connectivity index (χ2n) is 8.09. The van der Waals surface area contributed by atoms with Gasteiger partial charge in [0.15, 0.2) is 11.2 Å². The number of halogens is 2. The zero-order chi connectivity index (χ0) is 21.8. The molecule has 0 radical (unpaired) electrons. The first kappa shape index (κ1) is 21.7. The summed E-state index contributed by atoms with van der Waals surface area (Å²) in [4.78, 5) is 0. The molecule has 0 saturated carbocycles. The van der Waals surface area contributed by atoms with Gasteiger partial charge in [-0.3, -0.25) is 4.72 Å². The Labute approximate surface area is 184 Å². The Morgan fingerprint density at radius 1 is 0.903 bits per heavy atom. The number of benzene rings is 3. The minimum atomic E-state index is -1.36. The van der Waals surface area contributed by atoms with E-state index < -0.39 is 11.2 Å². The summed E-state index contributed by atoms with van der Waals surface area (Å²) < 4.78 is 45.1. The highest BCUT2D eigenvalue weighted by molar-refractivity contribution is 7.84. The van der Waals surface area contributed by atoms with Crippen LogP contribution in [0.3, 0.4) is 0 Å². The standard InChI is InChI=1S/C25H26F2N2OS/c1-18-4-14-24(15-5-18)28-31(30)29-16-2-3-21(17-29)25(19-6-10-22(26)11-7-19)20-8-12-23(27)13-9-20/h4-15,21,25,28H,2-3,16-17H2,1H3. The van der Waals surface area contributed by atoms with Crippen molar-refractivity contribution in [3.63, 3.8) is 0 Å². The van der Waals surface area contributed by atoms with Gasteiger partial charge in [-0.15, -0.1) is 0 Å². The van der Waals surface area contributed by atoms with Crippen LogP contribution in [0.15, 0.2) is 72.8 Å². The summed E-state index contributed by atoms with van der Waals surface area (Å²) in [5, 5.41) is 0. The van der Waals surface area contributed by atoms with Gasteiger partial charge in [0.1, 0.15) is 11.6 Å². The molecule has 0 amide bonds. The molecule has 0 bridgehead atoms. The van der Waals surface area contributed by atoms with Gasteiger partial charge in [-0.25, -0.2) is 17.3 Å². The van der Waals surface area contributed by atoms with Crippen LogP contribution in [0.5, 0.6) is 0 Å². The first-order chi connectivity index (χ1) is 15.0. The van der Waals surface area contributed by atoms with Gasteiger partial charge in [0.05, 0.1) is 0 Å². The van der Waals surface area contributed by atoms with Crippen molar-refractivity contribution in [3.8, 4) is 0 Å². The molecule has 3 aromatic rings. The number of hydrogen-bond acceptors (Lipinski definition) is 1. The van der Waals surface area contributed by atoms with E-state index >= 15 is 0 Å². The van der Waals surface area contributed by atoms with Crippen molar-refractivity contribution >= 4 is 16.9 Å². The van der Waals surface area contributed by atoms with Crippen LogP contribution in [0.2, 0.25) is 0 Å². The van der Waals surface area contributed by atoms with Gasteiger partial charge in [-0.05, 0) is 73.2 Å². The lowest BCUT2D eigenvalue weighted by molar-refractivity contribution is 0.258. The lowest BCUT2D eigenvalue weighted by atomic mass is 9.77. The normalized spacial score (nSPS) is 18.1. The number of piperidine rings is 1. The second kappa shape index (κ2) is 9.71. The van der Waals surface area contributed by atoms with Crippen LogP contribution in [0.25, 0.3) is 0 Å². The number of anilines is 1. The molecule has 0 aliphatic carbocycles. The summed E-state index contributed by atoms with van der Waals surface area (Å²) in [5.74, 6) is -0.417. The Morgan fingerprint density at radius 2 is 1.45 bits per heavy atom. The van der Waals surface area contributed by atoms with Crippen LogP contribution < -0.4 is 4.72 Å². The van der Waals surface area contributed by atoms with E-state index in [1.165, 1.54) is 24.3 Å². The number of nitrogens with one attached hydrogen (secondary N) is 1. The lowest BCUT2D eigenvalue weighted by Gasteiger charge is -2.36. The SMILES string of the molecule is Cc1ccc(NS(=O)N2CCCC(C(c3ccc(F)cc3)c3ccc(F)cc3)C2)cc1. The molecule has 1 aliphatic rings. The van der Waals surface area contributed by atoms with Gasteiger partial charge < -0.3 is 0 Å². The van der Waals surface area contributed by atoms with Crippen LogP contribution >= 0.6 is 0 Å². The number of aryl methyl sites for hydroxylation is 1. The molecule has 4 rings (SSSR count). The molecule has 3 nitrogen and oxygen atoms in total.